The fourth-order valence-electron chi connectivity index (χ4n) is 2.17. The first-order valence-electron chi connectivity index (χ1n) is 7.67. The van der Waals surface area contributed by atoms with Gasteiger partial charge in [-0.3, -0.25) is 14.7 Å². The molecule has 0 radical (unpaired) electrons. The average Bonchev–Trinajstić information content (AvgIpc) is 2.61. The predicted octanol–water partition coefficient (Wildman–Crippen LogP) is 3.76. The Morgan fingerprint density at radius 2 is 1.72 bits per heavy atom. The van der Waals surface area contributed by atoms with E-state index in [0.717, 1.165) is 0 Å². The van der Waals surface area contributed by atoms with Gasteiger partial charge in [-0.2, -0.15) is 0 Å². The Morgan fingerprint density at radius 1 is 1.16 bits per heavy atom. The van der Waals surface area contributed by atoms with Gasteiger partial charge < -0.3 is 14.4 Å². The molecule has 2 aromatic rings. The molecule has 1 heterocycles. The summed E-state index contributed by atoms with van der Waals surface area (Å²) < 4.78 is 24.1. The Morgan fingerprint density at radius 3 is 2.20 bits per heavy atom. The molecule has 2 rings (SSSR count). The normalized spacial score (nSPS) is 12.6. The number of nitro groups is 1. The summed E-state index contributed by atoms with van der Waals surface area (Å²) in [5.74, 6) is -0.666. The summed E-state index contributed by atoms with van der Waals surface area (Å²) in [5.41, 5.74) is 0.435. The Kier molecular flexibility index (Phi) is 6.58. The molecule has 134 valence electrons. The summed E-state index contributed by atoms with van der Waals surface area (Å²) in [7, 11) is -3.62. The highest BCUT2D eigenvalue weighted by atomic mass is 31.2. The fraction of sp³-hybridized carbons (Fsp3) is 0.333. The number of nitro benzene ring substituents is 1. The van der Waals surface area contributed by atoms with Gasteiger partial charge in [-0.1, -0.05) is 0 Å². The Labute approximate surface area is 145 Å². The van der Waals surface area contributed by atoms with Crippen molar-refractivity contribution >= 4 is 19.2 Å². The molecule has 0 fully saturated rings. The first-order valence-corrected chi connectivity index (χ1v) is 9.28. The van der Waals surface area contributed by atoms with Crippen LogP contribution in [0, 0.1) is 10.1 Å². The molecule has 9 nitrogen and oxygen atoms in total. The first kappa shape index (κ1) is 19.0. The number of nitrogens with one attached hydrogen (secondary N) is 1. The molecule has 1 unspecified atom stereocenters. The van der Waals surface area contributed by atoms with Gasteiger partial charge in [0.05, 0.1) is 18.1 Å². The number of benzene rings is 1. The Bertz CT molecular complexity index is 731. The lowest BCUT2D eigenvalue weighted by Gasteiger charge is -2.27. The van der Waals surface area contributed by atoms with E-state index in [-0.39, 0.29) is 24.8 Å². The van der Waals surface area contributed by atoms with E-state index in [4.69, 9.17) is 9.05 Å². The molecule has 1 aromatic heterocycles. The lowest BCUT2D eigenvalue weighted by molar-refractivity contribution is -0.384. The Hall–Kier alpha value is -2.35. The summed E-state index contributed by atoms with van der Waals surface area (Å²) in [6, 6.07) is 7.32. The quantitative estimate of drug-likeness (QED) is 0.405. The predicted molar refractivity (Wildman–Crippen MR) is 92.4 cm³/mol. The van der Waals surface area contributed by atoms with Crippen LogP contribution in [0.3, 0.4) is 0 Å². The van der Waals surface area contributed by atoms with Gasteiger partial charge in [0.15, 0.2) is 5.78 Å². The molecular formula is C15H19N4O5P. The van der Waals surface area contributed by atoms with E-state index in [1.165, 1.54) is 36.7 Å². The van der Waals surface area contributed by atoms with Crippen molar-refractivity contribution < 1.29 is 18.5 Å². The van der Waals surface area contributed by atoms with Gasteiger partial charge in [0, 0.05) is 24.5 Å². The number of non-ortho nitro benzene ring substituents is 1. The van der Waals surface area contributed by atoms with Crippen LogP contribution in [0.15, 0.2) is 42.7 Å². The Balaban J connectivity index is 2.43. The molecule has 0 aliphatic heterocycles. The minimum absolute atomic E-state index is 0.0684. The lowest BCUT2D eigenvalue weighted by Crippen LogP contribution is -2.16. The van der Waals surface area contributed by atoms with Crippen molar-refractivity contribution in [3.8, 4) is 0 Å². The van der Waals surface area contributed by atoms with E-state index in [1.54, 1.807) is 19.9 Å². The zero-order chi connectivity index (χ0) is 18.3. The molecule has 1 aromatic carbocycles. The number of hydrogen-bond donors (Lipinski definition) is 1. The van der Waals surface area contributed by atoms with Crippen LogP contribution in [0.2, 0.25) is 0 Å². The molecule has 10 heteroatoms. The third-order valence-electron chi connectivity index (χ3n) is 3.19. The van der Waals surface area contributed by atoms with Crippen molar-refractivity contribution in [2.75, 3.05) is 18.5 Å². The lowest BCUT2D eigenvalue weighted by atomic mass is 10.2. The monoisotopic (exact) mass is 366 g/mol. The highest BCUT2D eigenvalue weighted by Crippen LogP contribution is 2.60. The highest BCUT2D eigenvalue weighted by molar-refractivity contribution is 7.54. The van der Waals surface area contributed by atoms with Crippen molar-refractivity contribution in [1.29, 1.82) is 0 Å². The summed E-state index contributed by atoms with van der Waals surface area (Å²) in [6.07, 6.45) is 3.07. The first-order chi connectivity index (χ1) is 12.0. The van der Waals surface area contributed by atoms with Gasteiger partial charge in [0.25, 0.3) is 5.69 Å². The number of nitrogens with zero attached hydrogens (tertiary/aromatic N) is 3. The molecule has 25 heavy (non-hydrogen) atoms. The second-order valence-electron chi connectivity index (χ2n) is 4.84. The molecule has 0 aliphatic carbocycles. The van der Waals surface area contributed by atoms with E-state index < -0.39 is 18.3 Å². The number of rotatable bonds is 9. The molecule has 1 N–H and O–H groups in total. The van der Waals surface area contributed by atoms with E-state index in [9.17, 15) is 14.7 Å². The minimum Gasteiger partial charge on any atom is -0.336 e. The van der Waals surface area contributed by atoms with Crippen molar-refractivity contribution in [1.82, 2.24) is 9.97 Å². The van der Waals surface area contributed by atoms with Crippen LogP contribution in [-0.4, -0.2) is 28.1 Å². The van der Waals surface area contributed by atoms with Crippen LogP contribution in [0.25, 0.3) is 0 Å². The van der Waals surface area contributed by atoms with Crippen LogP contribution in [-0.2, 0) is 13.6 Å². The van der Waals surface area contributed by atoms with Gasteiger partial charge in [-0.15, -0.1) is 0 Å². The van der Waals surface area contributed by atoms with Gasteiger partial charge in [0.2, 0.25) is 5.95 Å². The fourth-order valence-corrected chi connectivity index (χ4v) is 4.07. The molecule has 0 amide bonds. The maximum Gasteiger partial charge on any atom is 0.357 e. The zero-order valence-corrected chi connectivity index (χ0v) is 14.8. The van der Waals surface area contributed by atoms with Crippen LogP contribution in [0.5, 0.6) is 0 Å². The molecule has 0 spiro atoms. The van der Waals surface area contributed by atoms with Crippen molar-refractivity contribution in [3.05, 3.63) is 58.4 Å². The highest BCUT2D eigenvalue weighted by Gasteiger charge is 2.37. The van der Waals surface area contributed by atoms with E-state index in [0.29, 0.717) is 5.56 Å². The number of anilines is 1. The summed E-state index contributed by atoms with van der Waals surface area (Å²) in [5, 5.41) is 13.8. The molecule has 0 bridgehead atoms. The van der Waals surface area contributed by atoms with Crippen molar-refractivity contribution in [2.24, 2.45) is 0 Å². The molecule has 0 aliphatic rings. The van der Waals surface area contributed by atoms with Crippen LogP contribution in [0.1, 0.15) is 25.2 Å². The topological polar surface area (TPSA) is 116 Å². The van der Waals surface area contributed by atoms with Gasteiger partial charge in [0.1, 0.15) is 0 Å². The maximum atomic E-state index is 13.2. The summed E-state index contributed by atoms with van der Waals surface area (Å²) >= 11 is 0. The standard InChI is InChI=1S/C15H19N4O5P/c1-3-23-25(22,24-4-2)14(18-15-16-10-5-11-17-15)12-6-8-13(9-7-12)19(20)21/h5-11,14H,3-4H2,1-2H3,(H,16,17,18). The average molecular weight is 366 g/mol. The largest absolute Gasteiger partial charge is 0.357 e. The van der Waals surface area contributed by atoms with Crippen LogP contribution in [0.4, 0.5) is 11.6 Å². The van der Waals surface area contributed by atoms with Crippen molar-refractivity contribution in [3.63, 3.8) is 0 Å². The van der Waals surface area contributed by atoms with Crippen LogP contribution >= 0.6 is 7.60 Å². The third kappa shape index (κ3) is 4.82. The molecule has 0 saturated heterocycles. The second-order valence-corrected chi connectivity index (χ2v) is 6.96. The SMILES string of the molecule is CCOP(=O)(OCC)C(Nc1ncccn1)c1ccc([N+](=O)[O-])cc1. The van der Waals surface area contributed by atoms with E-state index in [2.05, 4.69) is 15.3 Å². The summed E-state index contributed by atoms with van der Waals surface area (Å²) in [4.78, 5) is 18.5. The van der Waals surface area contributed by atoms with Crippen LogP contribution < -0.4 is 5.32 Å². The van der Waals surface area contributed by atoms with E-state index >= 15 is 0 Å². The molecular weight excluding hydrogens is 347 g/mol. The van der Waals surface area contributed by atoms with Gasteiger partial charge in [-0.25, -0.2) is 9.97 Å². The van der Waals surface area contributed by atoms with E-state index in [1.807, 2.05) is 0 Å². The molecule has 1 atom stereocenters. The minimum atomic E-state index is -3.62. The third-order valence-corrected chi connectivity index (χ3v) is 5.48. The van der Waals surface area contributed by atoms with Gasteiger partial charge >= 0.3 is 7.60 Å². The number of aromatic nitrogens is 2. The maximum absolute atomic E-state index is 13.2. The second kappa shape index (κ2) is 8.66. The molecule has 0 saturated carbocycles. The number of hydrogen-bond acceptors (Lipinski definition) is 8. The smallest absolute Gasteiger partial charge is 0.336 e. The zero-order valence-electron chi connectivity index (χ0n) is 13.9. The van der Waals surface area contributed by atoms with Gasteiger partial charge in [-0.05, 0) is 37.6 Å². The van der Waals surface area contributed by atoms with Crippen molar-refractivity contribution in [2.45, 2.75) is 19.6 Å². The summed E-state index contributed by atoms with van der Waals surface area (Å²) in [6.45, 7) is 3.77.